The molecule has 7 nitrogen and oxygen atoms in total. The predicted molar refractivity (Wildman–Crippen MR) is 142 cm³/mol. The molecule has 0 spiro atoms. The van der Waals surface area contributed by atoms with Crippen LogP contribution in [0.3, 0.4) is 0 Å². The number of benzene rings is 3. The van der Waals surface area contributed by atoms with Crippen LogP contribution in [0.25, 0.3) is 6.08 Å². The third-order valence-corrected chi connectivity index (χ3v) is 6.11. The first-order chi connectivity index (χ1) is 16.9. The second-order valence-corrected chi connectivity index (χ2v) is 9.07. The number of carbonyl (C=O) groups excluding carboxylic acids is 3. The quantitative estimate of drug-likeness (QED) is 0.217. The molecule has 4 rings (SSSR count). The van der Waals surface area contributed by atoms with E-state index in [1.54, 1.807) is 24.3 Å². The smallest absolute Gasteiger partial charge is 0.335 e. The molecule has 9 heteroatoms. The fourth-order valence-electron chi connectivity index (χ4n) is 3.45. The zero-order chi connectivity index (χ0) is 24.9. The zero-order valence-electron chi connectivity index (χ0n) is 18.6. The number of halogens is 2. The topological polar surface area (TPSA) is 84.9 Å². The van der Waals surface area contributed by atoms with E-state index < -0.39 is 17.8 Å². The average Bonchev–Trinajstić information content (AvgIpc) is 2.83. The minimum Gasteiger partial charge on any atom is -0.490 e. The van der Waals surface area contributed by atoms with Gasteiger partial charge in [0.2, 0.25) is 0 Å². The Hall–Kier alpha value is -3.37. The van der Waals surface area contributed by atoms with Crippen LogP contribution < -0.4 is 19.7 Å². The highest BCUT2D eigenvalue weighted by Crippen LogP contribution is 2.36. The molecule has 178 valence electrons. The third-order valence-electron chi connectivity index (χ3n) is 5.06. The first-order valence-corrected chi connectivity index (χ1v) is 12.1. The van der Waals surface area contributed by atoms with Crippen LogP contribution in [0, 0.1) is 3.57 Å². The SMILES string of the molecule is CCOc1cc(/C=C2\C(=O)NC(=O)N(c3ccc(Cl)cc3)C2=O)cc(I)c1OCc1ccccc1. The van der Waals surface area contributed by atoms with Gasteiger partial charge in [-0.2, -0.15) is 0 Å². The van der Waals surface area contributed by atoms with Gasteiger partial charge in [0.1, 0.15) is 12.2 Å². The van der Waals surface area contributed by atoms with Crippen LogP contribution in [0.2, 0.25) is 5.02 Å². The molecule has 0 bridgehead atoms. The Bertz CT molecular complexity index is 1310. The number of anilines is 1. The summed E-state index contributed by atoms with van der Waals surface area (Å²) in [7, 11) is 0. The number of barbiturate groups is 1. The highest BCUT2D eigenvalue weighted by molar-refractivity contribution is 14.1. The van der Waals surface area contributed by atoms with Crippen LogP contribution in [0.5, 0.6) is 11.5 Å². The molecule has 1 fully saturated rings. The Balaban J connectivity index is 1.66. The molecule has 0 unspecified atom stereocenters. The largest absolute Gasteiger partial charge is 0.490 e. The maximum atomic E-state index is 13.1. The Morgan fingerprint density at radius 1 is 1.00 bits per heavy atom. The van der Waals surface area contributed by atoms with Crippen molar-refractivity contribution in [3.8, 4) is 11.5 Å². The molecule has 1 aliphatic heterocycles. The van der Waals surface area contributed by atoms with E-state index in [0.717, 1.165) is 14.0 Å². The van der Waals surface area contributed by atoms with Crippen molar-refractivity contribution in [2.24, 2.45) is 0 Å². The van der Waals surface area contributed by atoms with Crippen molar-refractivity contribution in [2.75, 3.05) is 11.5 Å². The molecule has 0 radical (unpaired) electrons. The number of amides is 4. The molecule has 0 aromatic heterocycles. The molecular formula is C26H20ClIN2O5. The van der Waals surface area contributed by atoms with Crippen LogP contribution in [-0.4, -0.2) is 24.5 Å². The van der Waals surface area contributed by atoms with Gasteiger partial charge in [0, 0.05) is 5.02 Å². The number of nitrogens with zero attached hydrogens (tertiary/aromatic N) is 1. The third kappa shape index (κ3) is 5.66. The molecule has 0 atom stereocenters. The van der Waals surface area contributed by atoms with Crippen molar-refractivity contribution in [1.29, 1.82) is 0 Å². The van der Waals surface area contributed by atoms with Gasteiger partial charge in [-0.25, -0.2) is 9.69 Å². The first-order valence-electron chi connectivity index (χ1n) is 10.7. The molecule has 4 amide bonds. The van der Waals surface area contributed by atoms with Gasteiger partial charge in [-0.3, -0.25) is 14.9 Å². The van der Waals surface area contributed by atoms with Crippen molar-refractivity contribution >= 4 is 63.8 Å². The maximum Gasteiger partial charge on any atom is 0.335 e. The number of rotatable bonds is 7. The lowest BCUT2D eigenvalue weighted by atomic mass is 10.1. The summed E-state index contributed by atoms with van der Waals surface area (Å²) in [6.45, 7) is 2.61. The Kier molecular flexibility index (Phi) is 7.72. The number of hydrogen-bond donors (Lipinski definition) is 1. The number of nitrogens with one attached hydrogen (secondary N) is 1. The normalized spacial score (nSPS) is 14.8. The van der Waals surface area contributed by atoms with Crippen molar-refractivity contribution < 1.29 is 23.9 Å². The minimum absolute atomic E-state index is 0.184. The molecule has 1 N–H and O–H groups in total. The fourth-order valence-corrected chi connectivity index (χ4v) is 4.36. The summed E-state index contributed by atoms with van der Waals surface area (Å²) >= 11 is 8.04. The molecule has 3 aromatic rings. The molecule has 35 heavy (non-hydrogen) atoms. The Labute approximate surface area is 220 Å². The van der Waals surface area contributed by atoms with E-state index in [0.29, 0.717) is 41.0 Å². The van der Waals surface area contributed by atoms with Crippen molar-refractivity contribution in [2.45, 2.75) is 13.5 Å². The van der Waals surface area contributed by atoms with Gasteiger partial charge < -0.3 is 9.47 Å². The standard InChI is InChI=1S/C26H20ClIN2O5/c1-2-34-22-14-17(13-21(28)23(22)35-15-16-6-4-3-5-7-16)12-20-24(31)29-26(33)30(25(20)32)19-10-8-18(27)9-11-19/h3-14H,2,15H2,1H3,(H,29,31,33)/b20-12+. The lowest BCUT2D eigenvalue weighted by molar-refractivity contribution is -0.122. The van der Waals surface area contributed by atoms with E-state index in [1.807, 2.05) is 37.3 Å². The van der Waals surface area contributed by atoms with E-state index >= 15 is 0 Å². The van der Waals surface area contributed by atoms with E-state index in [-0.39, 0.29) is 5.57 Å². The number of hydrogen-bond acceptors (Lipinski definition) is 5. The summed E-state index contributed by atoms with van der Waals surface area (Å²) in [5.41, 5.74) is 1.67. The highest BCUT2D eigenvalue weighted by Gasteiger charge is 2.36. The van der Waals surface area contributed by atoms with Crippen LogP contribution >= 0.6 is 34.2 Å². The average molecular weight is 603 g/mol. The van der Waals surface area contributed by atoms with E-state index in [1.165, 1.54) is 18.2 Å². The molecule has 3 aromatic carbocycles. The number of carbonyl (C=O) groups is 3. The molecule has 1 heterocycles. The predicted octanol–water partition coefficient (Wildman–Crippen LogP) is 5.59. The molecule has 1 aliphatic rings. The van der Waals surface area contributed by atoms with Crippen molar-refractivity contribution in [3.05, 3.63) is 92.0 Å². The first kappa shape index (κ1) is 24.7. The van der Waals surface area contributed by atoms with Gasteiger partial charge in [0.05, 0.1) is 15.9 Å². The van der Waals surface area contributed by atoms with Crippen LogP contribution in [-0.2, 0) is 16.2 Å². The van der Waals surface area contributed by atoms with Crippen molar-refractivity contribution in [1.82, 2.24) is 5.32 Å². The summed E-state index contributed by atoms with van der Waals surface area (Å²) in [6, 6.07) is 18.6. The van der Waals surface area contributed by atoms with E-state index in [4.69, 9.17) is 21.1 Å². The Morgan fingerprint density at radius 3 is 2.40 bits per heavy atom. The summed E-state index contributed by atoms with van der Waals surface area (Å²) in [5, 5.41) is 2.67. The minimum atomic E-state index is -0.825. The van der Waals surface area contributed by atoms with Crippen LogP contribution in [0.4, 0.5) is 10.5 Å². The van der Waals surface area contributed by atoms with Gasteiger partial charge in [-0.05, 0) is 83.1 Å². The van der Waals surface area contributed by atoms with Gasteiger partial charge in [-0.15, -0.1) is 0 Å². The molecular weight excluding hydrogens is 583 g/mol. The summed E-state index contributed by atoms with van der Waals surface area (Å²) in [4.78, 5) is 39.0. The van der Waals surface area contributed by atoms with Gasteiger partial charge in [0.15, 0.2) is 11.5 Å². The Morgan fingerprint density at radius 2 is 1.71 bits per heavy atom. The summed E-state index contributed by atoms with van der Waals surface area (Å²) < 4.78 is 12.6. The van der Waals surface area contributed by atoms with Gasteiger partial charge in [-0.1, -0.05) is 41.9 Å². The summed E-state index contributed by atoms with van der Waals surface area (Å²) in [5.74, 6) is -0.464. The second-order valence-electron chi connectivity index (χ2n) is 7.47. The number of urea groups is 1. The second kappa shape index (κ2) is 10.9. The maximum absolute atomic E-state index is 13.1. The fraction of sp³-hybridized carbons (Fsp3) is 0.115. The number of ether oxygens (including phenoxy) is 2. The lowest BCUT2D eigenvalue weighted by Gasteiger charge is -2.26. The van der Waals surface area contributed by atoms with E-state index in [9.17, 15) is 14.4 Å². The van der Waals surface area contributed by atoms with Gasteiger partial charge >= 0.3 is 6.03 Å². The highest BCUT2D eigenvalue weighted by atomic mass is 127. The van der Waals surface area contributed by atoms with E-state index in [2.05, 4.69) is 27.9 Å². The molecule has 1 saturated heterocycles. The van der Waals surface area contributed by atoms with Crippen molar-refractivity contribution in [3.63, 3.8) is 0 Å². The number of imide groups is 2. The zero-order valence-corrected chi connectivity index (χ0v) is 21.5. The van der Waals surface area contributed by atoms with Gasteiger partial charge in [0.25, 0.3) is 11.8 Å². The molecule has 0 aliphatic carbocycles. The summed E-state index contributed by atoms with van der Waals surface area (Å²) in [6.07, 6.45) is 1.43. The monoisotopic (exact) mass is 602 g/mol. The lowest BCUT2D eigenvalue weighted by Crippen LogP contribution is -2.54. The molecule has 0 saturated carbocycles. The van der Waals surface area contributed by atoms with Crippen LogP contribution in [0.1, 0.15) is 18.1 Å². The van der Waals surface area contributed by atoms with Crippen LogP contribution in [0.15, 0.2) is 72.3 Å².